The number of carbonyl (C=O) groups is 3. The fourth-order valence-corrected chi connectivity index (χ4v) is 3.67. The molecule has 1 saturated heterocycles. The molecule has 3 rings (SSSR count). The number of nitrogens with zero attached hydrogens (tertiary/aromatic N) is 3. The van der Waals surface area contributed by atoms with Crippen LogP contribution in [0.5, 0.6) is 5.75 Å². The number of amides is 3. The van der Waals surface area contributed by atoms with Crippen molar-refractivity contribution in [3.63, 3.8) is 0 Å². The standard InChI is InChI=1S/C26H33N3O6/c1-26(2,3)35-25(32)28-15-13-27(14-16-28)24(31)29(21-7-6-8-22(17-21)33-4)18-19-9-11-20(12-10-19)23(30)34-5/h6-12,17H,13-16,18H2,1-5H3. The van der Waals surface area contributed by atoms with Gasteiger partial charge in [-0.15, -0.1) is 0 Å². The number of esters is 1. The van der Waals surface area contributed by atoms with Gasteiger partial charge in [-0.2, -0.15) is 0 Å². The summed E-state index contributed by atoms with van der Waals surface area (Å²) >= 11 is 0. The van der Waals surface area contributed by atoms with Gasteiger partial charge in [0.25, 0.3) is 0 Å². The lowest BCUT2D eigenvalue weighted by atomic mass is 10.1. The van der Waals surface area contributed by atoms with Crippen LogP contribution in [0.2, 0.25) is 0 Å². The van der Waals surface area contributed by atoms with Crippen LogP contribution in [0.15, 0.2) is 48.5 Å². The summed E-state index contributed by atoms with van der Waals surface area (Å²) in [6, 6.07) is 14.1. The van der Waals surface area contributed by atoms with Crippen molar-refractivity contribution in [3.05, 3.63) is 59.7 Å². The highest BCUT2D eigenvalue weighted by molar-refractivity contribution is 5.92. The summed E-state index contributed by atoms with van der Waals surface area (Å²) in [5.74, 6) is 0.219. The highest BCUT2D eigenvalue weighted by Gasteiger charge is 2.30. The predicted molar refractivity (Wildman–Crippen MR) is 132 cm³/mol. The molecule has 0 aromatic heterocycles. The minimum absolute atomic E-state index is 0.181. The number of anilines is 1. The van der Waals surface area contributed by atoms with E-state index in [1.165, 1.54) is 7.11 Å². The van der Waals surface area contributed by atoms with Gasteiger partial charge in [0.05, 0.1) is 26.3 Å². The van der Waals surface area contributed by atoms with Gasteiger partial charge in [-0.05, 0) is 50.6 Å². The van der Waals surface area contributed by atoms with Gasteiger partial charge in [-0.25, -0.2) is 14.4 Å². The van der Waals surface area contributed by atoms with Gasteiger partial charge in [0, 0.05) is 37.9 Å². The van der Waals surface area contributed by atoms with Crippen LogP contribution in [0.3, 0.4) is 0 Å². The molecule has 0 spiro atoms. The minimum Gasteiger partial charge on any atom is -0.497 e. The average Bonchev–Trinajstić information content (AvgIpc) is 2.86. The topological polar surface area (TPSA) is 88.6 Å². The second-order valence-corrected chi connectivity index (χ2v) is 9.21. The quantitative estimate of drug-likeness (QED) is 0.594. The van der Waals surface area contributed by atoms with E-state index in [0.29, 0.717) is 49.7 Å². The van der Waals surface area contributed by atoms with Crippen LogP contribution in [-0.4, -0.2) is 73.9 Å². The molecule has 0 saturated carbocycles. The summed E-state index contributed by atoms with van der Waals surface area (Å²) in [6.45, 7) is 7.33. The van der Waals surface area contributed by atoms with E-state index in [4.69, 9.17) is 14.2 Å². The highest BCUT2D eigenvalue weighted by Crippen LogP contribution is 2.25. The highest BCUT2D eigenvalue weighted by atomic mass is 16.6. The lowest BCUT2D eigenvalue weighted by Crippen LogP contribution is -2.54. The molecule has 2 aromatic rings. The molecule has 0 radical (unpaired) electrons. The molecule has 0 N–H and O–H groups in total. The summed E-state index contributed by atoms with van der Waals surface area (Å²) in [4.78, 5) is 42.8. The summed E-state index contributed by atoms with van der Waals surface area (Å²) in [5.41, 5.74) is 1.40. The molecule has 9 heteroatoms. The summed E-state index contributed by atoms with van der Waals surface area (Å²) in [6.07, 6.45) is -0.375. The van der Waals surface area contributed by atoms with E-state index >= 15 is 0 Å². The second kappa shape index (κ2) is 11.1. The van der Waals surface area contributed by atoms with Gasteiger partial charge in [-0.3, -0.25) is 4.90 Å². The van der Waals surface area contributed by atoms with E-state index in [9.17, 15) is 14.4 Å². The maximum absolute atomic E-state index is 13.6. The van der Waals surface area contributed by atoms with E-state index in [1.54, 1.807) is 52.1 Å². The van der Waals surface area contributed by atoms with Gasteiger partial charge in [-0.1, -0.05) is 18.2 Å². The Kier molecular flexibility index (Phi) is 8.22. The number of methoxy groups -OCH3 is 2. The Morgan fingerprint density at radius 3 is 2.11 bits per heavy atom. The first kappa shape index (κ1) is 25.9. The first-order chi connectivity index (χ1) is 16.6. The third kappa shape index (κ3) is 6.88. The molecule has 188 valence electrons. The summed E-state index contributed by atoms with van der Waals surface area (Å²) < 4.78 is 15.6. The Balaban J connectivity index is 1.77. The Bertz CT molecular complexity index is 1040. The van der Waals surface area contributed by atoms with E-state index in [0.717, 1.165) is 5.56 Å². The van der Waals surface area contributed by atoms with Gasteiger partial charge < -0.3 is 24.0 Å². The van der Waals surface area contributed by atoms with Crippen molar-refractivity contribution in [1.82, 2.24) is 9.80 Å². The summed E-state index contributed by atoms with van der Waals surface area (Å²) in [5, 5.41) is 0. The molecule has 1 heterocycles. The largest absolute Gasteiger partial charge is 0.497 e. The number of benzene rings is 2. The van der Waals surface area contributed by atoms with Crippen LogP contribution < -0.4 is 9.64 Å². The van der Waals surface area contributed by atoms with Crippen LogP contribution in [0.25, 0.3) is 0 Å². The van der Waals surface area contributed by atoms with Crippen molar-refractivity contribution < 1.29 is 28.6 Å². The number of piperazine rings is 1. The Labute approximate surface area is 206 Å². The summed E-state index contributed by atoms with van der Waals surface area (Å²) in [7, 11) is 2.91. The van der Waals surface area contributed by atoms with Crippen molar-refractivity contribution in [2.24, 2.45) is 0 Å². The molecular weight excluding hydrogens is 450 g/mol. The first-order valence-electron chi connectivity index (χ1n) is 11.5. The third-order valence-corrected chi connectivity index (χ3v) is 5.51. The van der Waals surface area contributed by atoms with E-state index < -0.39 is 11.6 Å². The first-order valence-corrected chi connectivity index (χ1v) is 11.5. The monoisotopic (exact) mass is 483 g/mol. The number of rotatable bonds is 5. The Hall–Kier alpha value is -3.75. The Morgan fingerprint density at radius 1 is 0.914 bits per heavy atom. The van der Waals surface area contributed by atoms with Crippen LogP contribution in [0, 0.1) is 0 Å². The number of urea groups is 1. The molecule has 0 bridgehead atoms. The zero-order chi connectivity index (χ0) is 25.6. The fraction of sp³-hybridized carbons (Fsp3) is 0.423. The van der Waals surface area contributed by atoms with Gasteiger partial charge >= 0.3 is 18.1 Å². The average molecular weight is 484 g/mol. The molecule has 1 aliphatic rings. The third-order valence-electron chi connectivity index (χ3n) is 5.51. The van der Waals surface area contributed by atoms with Crippen molar-refractivity contribution in [2.75, 3.05) is 45.3 Å². The lowest BCUT2D eigenvalue weighted by molar-refractivity contribution is 0.0172. The van der Waals surface area contributed by atoms with Gasteiger partial charge in [0.2, 0.25) is 0 Å². The SMILES string of the molecule is COC(=O)c1ccc(CN(C(=O)N2CCN(C(=O)OC(C)(C)C)CC2)c2cccc(OC)c2)cc1. The van der Waals surface area contributed by atoms with E-state index in [2.05, 4.69) is 0 Å². The molecule has 9 nitrogen and oxygen atoms in total. The van der Waals surface area contributed by atoms with Gasteiger partial charge in [0.1, 0.15) is 11.4 Å². The second-order valence-electron chi connectivity index (χ2n) is 9.21. The molecular formula is C26H33N3O6. The van der Waals surface area contributed by atoms with Crippen LogP contribution in [0.1, 0.15) is 36.7 Å². The molecule has 0 unspecified atom stereocenters. The number of hydrogen-bond donors (Lipinski definition) is 0. The predicted octanol–water partition coefficient (Wildman–Crippen LogP) is 4.16. The molecule has 1 aliphatic heterocycles. The fourth-order valence-electron chi connectivity index (χ4n) is 3.67. The minimum atomic E-state index is -0.573. The smallest absolute Gasteiger partial charge is 0.410 e. The van der Waals surface area contributed by atoms with E-state index in [1.807, 2.05) is 39.0 Å². The maximum atomic E-state index is 13.6. The molecule has 1 fully saturated rings. The van der Waals surface area contributed by atoms with Crippen molar-refractivity contribution in [3.8, 4) is 5.75 Å². The molecule has 0 aliphatic carbocycles. The Morgan fingerprint density at radius 2 is 1.54 bits per heavy atom. The van der Waals surface area contributed by atoms with Crippen molar-refractivity contribution in [1.29, 1.82) is 0 Å². The lowest BCUT2D eigenvalue weighted by Gasteiger charge is -2.38. The molecule has 0 atom stereocenters. The van der Waals surface area contributed by atoms with E-state index in [-0.39, 0.29) is 12.1 Å². The van der Waals surface area contributed by atoms with Crippen LogP contribution in [0.4, 0.5) is 15.3 Å². The zero-order valence-electron chi connectivity index (χ0n) is 20.9. The zero-order valence-corrected chi connectivity index (χ0v) is 20.9. The van der Waals surface area contributed by atoms with Crippen molar-refractivity contribution in [2.45, 2.75) is 32.9 Å². The molecule has 3 amide bonds. The van der Waals surface area contributed by atoms with Gasteiger partial charge in [0.15, 0.2) is 0 Å². The van der Waals surface area contributed by atoms with Crippen LogP contribution in [-0.2, 0) is 16.0 Å². The molecule has 35 heavy (non-hydrogen) atoms. The number of carbonyl (C=O) groups excluding carboxylic acids is 3. The van der Waals surface area contributed by atoms with Crippen molar-refractivity contribution >= 4 is 23.8 Å². The normalized spacial score (nSPS) is 13.7. The number of hydrogen-bond acceptors (Lipinski definition) is 6. The number of ether oxygens (including phenoxy) is 3. The molecule has 2 aromatic carbocycles. The maximum Gasteiger partial charge on any atom is 0.410 e. The van der Waals surface area contributed by atoms with Crippen LogP contribution >= 0.6 is 0 Å².